The van der Waals surface area contributed by atoms with Crippen molar-refractivity contribution < 1.29 is 39.3 Å². The number of phenolic OH excluding ortho intramolecular Hbond substituents is 1. The van der Waals surface area contributed by atoms with Crippen LogP contribution in [0, 0.1) is 5.92 Å². The zero-order valence-corrected chi connectivity index (χ0v) is 20.3. The van der Waals surface area contributed by atoms with Crippen molar-refractivity contribution in [3.05, 3.63) is 29.8 Å². The molecular weight excluding hydrogens is 480 g/mol. The number of carboxylic acids is 2. The van der Waals surface area contributed by atoms with Crippen LogP contribution in [0.3, 0.4) is 0 Å². The molecule has 0 saturated carbocycles. The first-order valence-electron chi connectivity index (χ1n) is 10.8. The molecule has 0 spiro atoms. The molecule has 8 N–H and O–H groups in total. The van der Waals surface area contributed by atoms with Gasteiger partial charge in [0, 0.05) is 12.2 Å². The first kappa shape index (κ1) is 29.7. The molecule has 0 radical (unpaired) electrons. The van der Waals surface area contributed by atoms with Gasteiger partial charge < -0.3 is 37.0 Å². The predicted octanol–water partition coefficient (Wildman–Crippen LogP) is -0.748. The van der Waals surface area contributed by atoms with Gasteiger partial charge in [0.2, 0.25) is 17.7 Å². The summed E-state index contributed by atoms with van der Waals surface area (Å²) in [5.41, 5.74) is 6.32. The standard InChI is InChI=1S/C22H32N4O8S/c1-11(2)7-14(23)19(30)24-15(9-18(28)29)20(31)26-17(10-35)21(32)25-16(22(33)34)8-12-3-5-13(27)6-4-12/h3-6,11,14-17,27,35H,7-10,23H2,1-2H3,(H,24,30)(H,25,32)(H,26,31)(H,28,29)(H,33,34). The Hall–Kier alpha value is -3.32. The van der Waals surface area contributed by atoms with Crippen LogP contribution in [-0.4, -0.2) is 74.9 Å². The second kappa shape index (κ2) is 14.2. The number of nitrogens with two attached hydrogens (primary N) is 1. The number of aromatic hydroxyl groups is 1. The van der Waals surface area contributed by atoms with Crippen LogP contribution in [0.15, 0.2) is 24.3 Å². The molecule has 3 amide bonds. The number of amides is 3. The van der Waals surface area contributed by atoms with Crippen molar-refractivity contribution >= 4 is 42.3 Å². The number of aliphatic carboxylic acids is 2. The van der Waals surface area contributed by atoms with Crippen molar-refractivity contribution in [3.8, 4) is 5.75 Å². The summed E-state index contributed by atoms with van der Waals surface area (Å²) >= 11 is 4.02. The Labute approximate surface area is 208 Å². The minimum atomic E-state index is -1.51. The van der Waals surface area contributed by atoms with Crippen LogP contribution in [0.2, 0.25) is 0 Å². The van der Waals surface area contributed by atoms with Gasteiger partial charge in [-0.2, -0.15) is 12.6 Å². The second-order valence-electron chi connectivity index (χ2n) is 8.41. The van der Waals surface area contributed by atoms with Crippen molar-refractivity contribution in [1.29, 1.82) is 0 Å². The van der Waals surface area contributed by atoms with Crippen molar-refractivity contribution in [1.82, 2.24) is 16.0 Å². The molecule has 0 aliphatic carbocycles. The molecule has 194 valence electrons. The predicted molar refractivity (Wildman–Crippen MR) is 129 cm³/mol. The maximum atomic E-state index is 12.7. The average Bonchev–Trinajstić information content (AvgIpc) is 2.76. The number of nitrogens with one attached hydrogen (secondary N) is 3. The Balaban J connectivity index is 2.88. The van der Waals surface area contributed by atoms with Gasteiger partial charge in [0.15, 0.2) is 0 Å². The second-order valence-corrected chi connectivity index (χ2v) is 8.77. The molecule has 13 heteroatoms. The lowest BCUT2D eigenvalue weighted by Crippen LogP contribution is -2.58. The molecule has 1 aromatic rings. The molecule has 12 nitrogen and oxygen atoms in total. The number of carboxylic acid groups (broad SMARTS) is 2. The fourth-order valence-electron chi connectivity index (χ4n) is 3.08. The third kappa shape index (κ3) is 10.6. The van der Waals surface area contributed by atoms with Crippen LogP contribution in [-0.2, 0) is 30.4 Å². The summed E-state index contributed by atoms with van der Waals surface area (Å²) in [4.78, 5) is 60.5. The normalized spacial score (nSPS) is 14.3. The van der Waals surface area contributed by atoms with E-state index in [0.717, 1.165) is 0 Å². The first-order chi connectivity index (χ1) is 16.3. The van der Waals surface area contributed by atoms with Gasteiger partial charge in [-0.05, 0) is 30.0 Å². The number of carbonyl (C=O) groups excluding carboxylic acids is 3. The molecule has 0 heterocycles. The van der Waals surface area contributed by atoms with Crippen molar-refractivity contribution in [2.75, 3.05) is 5.75 Å². The summed E-state index contributed by atoms with van der Waals surface area (Å²) < 4.78 is 0. The zero-order valence-electron chi connectivity index (χ0n) is 19.4. The molecule has 0 aliphatic heterocycles. The fraction of sp³-hybridized carbons (Fsp3) is 0.500. The van der Waals surface area contributed by atoms with E-state index in [2.05, 4.69) is 28.6 Å². The molecule has 35 heavy (non-hydrogen) atoms. The lowest BCUT2D eigenvalue weighted by atomic mass is 10.0. The van der Waals surface area contributed by atoms with Gasteiger partial charge in [-0.1, -0.05) is 26.0 Å². The molecule has 0 bridgehead atoms. The zero-order chi connectivity index (χ0) is 26.7. The summed E-state index contributed by atoms with van der Waals surface area (Å²) in [7, 11) is 0. The molecule has 4 unspecified atom stereocenters. The topological polar surface area (TPSA) is 208 Å². The van der Waals surface area contributed by atoms with Crippen LogP contribution in [0.1, 0.15) is 32.3 Å². The van der Waals surface area contributed by atoms with Gasteiger partial charge in [0.25, 0.3) is 0 Å². The number of hydrogen-bond donors (Lipinski definition) is 8. The maximum Gasteiger partial charge on any atom is 0.326 e. The fourth-order valence-corrected chi connectivity index (χ4v) is 3.34. The lowest BCUT2D eigenvalue weighted by Gasteiger charge is -2.24. The highest BCUT2D eigenvalue weighted by Crippen LogP contribution is 2.12. The minimum absolute atomic E-state index is 0.00400. The molecule has 0 aliphatic rings. The third-order valence-corrected chi connectivity index (χ3v) is 5.25. The van der Waals surface area contributed by atoms with Crippen molar-refractivity contribution in [2.45, 2.75) is 57.3 Å². The maximum absolute atomic E-state index is 12.7. The summed E-state index contributed by atoms with van der Waals surface area (Å²) in [6, 6.07) is 0.602. The van der Waals surface area contributed by atoms with E-state index >= 15 is 0 Å². The van der Waals surface area contributed by atoms with E-state index in [1.54, 1.807) is 0 Å². The lowest BCUT2D eigenvalue weighted by molar-refractivity contribution is -0.143. The van der Waals surface area contributed by atoms with E-state index in [4.69, 9.17) is 10.8 Å². The quantitative estimate of drug-likeness (QED) is 0.147. The number of carbonyl (C=O) groups is 5. The van der Waals surface area contributed by atoms with Gasteiger partial charge in [-0.25, -0.2) is 4.79 Å². The molecule has 4 atom stereocenters. The van der Waals surface area contributed by atoms with Crippen LogP contribution in [0.25, 0.3) is 0 Å². The van der Waals surface area contributed by atoms with E-state index in [0.29, 0.717) is 12.0 Å². The van der Waals surface area contributed by atoms with E-state index < -0.39 is 60.2 Å². The molecule has 0 fully saturated rings. The Morgan fingerprint density at radius 2 is 1.40 bits per heavy atom. The molecule has 0 aromatic heterocycles. The Bertz CT molecular complexity index is 909. The summed E-state index contributed by atoms with van der Waals surface area (Å²) in [6.45, 7) is 3.69. The molecular formula is C22H32N4O8S. The monoisotopic (exact) mass is 512 g/mol. The number of benzene rings is 1. The highest BCUT2D eigenvalue weighted by atomic mass is 32.1. The largest absolute Gasteiger partial charge is 0.508 e. The highest BCUT2D eigenvalue weighted by molar-refractivity contribution is 7.80. The smallest absolute Gasteiger partial charge is 0.326 e. The van der Waals surface area contributed by atoms with E-state index in [-0.39, 0.29) is 23.8 Å². The van der Waals surface area contributed by atoms with Crippen molar-refractivity contribution in [3.63, 3.8) is 0 Å². The number of phenols is 1. The summed E-state index contributed by atoms with van der Waals surface area (Å²) in [5.74, 6) is -5.39. The molecule has 1 rings (SSSR count). The van der Waals surface area contributed by atoms with Gasteiger partial charge in [0.05, 0.1) is 12.5 Å². The third-order valence-electron chi connectivity index (χ3n) is 4.88. The van der Waals surface area contributed by atoms with Gasteiger partial charge in [-0.15, -0.1) is 0 Å². The highest BCUT2D eigenvalue weighted by Gasteiger charge is 2.31. The van der Waals surface area contributed by atoms with E-state index in [9.17, 15) is 34.2 Å². The first-order valence-corrected chi connectivity index (χ1v) is 11.5. The Kier molecular flexibility index (Phi) is 12.0. The van der Waals surface area contributed by atoms with Crippen LogP contribution >= 0.6 is 12.6 Å². The van der Waals surface area contributed by atoms with Gasteiger partial charge >= 0.3 is 11.9 Å². The van der Waals surface area contributed by atoms with E-state index in [1.807, 2.05) is 13.8 Å². The van der Waals surface area contributed by atoms with Crippen LogP contribution in [0.4, 0.5) is 0 Å². The number of thiol groups is 1. The Morgan fingerprint density at radius 3 is 1.89 bits per heavy atom. The van der Waals surface area contributed by atoms with E-state index in [1.165, 1.54) is 24.3 Å². The minimum Gasteiger partial charge on any atom is -0.508 e. The summed E-state index contributed by atoms with van der Waals surface area (Å²) in [6.07, 6.45) is -0.544. The SMILES string of the molecule is CC(C)CC(N)C(=O)NC(CC(=O)O)C(=O)NC(CS)C(=O)NC(Cc1ccc(O)cc1)C(=O)O. The average molecular weight is 513 g/mol. The van der Waals surface area contributed by atoms with Gasteiger partial charge in [0.1, 0.15) is 23.9 Å². The van der Waals surface area contributed by atoms with Crippen LogP contribution < -0.4 is 21.7 Å². The number of hydrogen-bond acceptors (Lipinski definition) is 8. The van der Waals surface area contributed by atoms with Crippen molar-refractivity contribution in [2.24, 2.45) is 11.7 Å². The molecule has 0 saturated heterocycles. The molecule has 1 aromatic carbocycles. The number of rotatable bonds is 14. The Morgan fingerprint density at radius 1 is 0.886 bits per heavy atom. The van der Waals surface area contributed by atoms with Gasteiger partial charge in [-0.3, -0.25) is 19.2 Å². The van der Waals surface area contributed by atoms with Crippen LogP contribution in [0.5, 0.6) is 5.75 Å². The summed E-state index contributed by atoms with van der Waals surface area (Å²) in [5, 5.41) is 34.9.